The molecule has 0 bridgehead atoms. The van der Waals surface area contributed by atoms with Crippen molar-refractivity contribution in [2.24, 2.45) is 0 Å². The van der Waals surface area contributed by atoms with E-state index in [1.807, 2.05) is 54.6 Å². The second kappa shape index (κ2) is 22.2. The summed E-state index contributed by atoms with van der Waals surface area (Å²) in [5.74, 6) is 1.17. The summed E-state index contributed by atoms with van der Waals surface area (Å²) in [6.07, 6.45) is 14.8. The monoisotopic (exact) mass is 626 g/mol. The number of benzene rings is 3. The molecule has 0 spiro atoms. The van der Waals surface area contributed by atoms with Gasteiger partial charge in [-0.05, 0) is 92.5 Å². The minimum Gasteiger partial charge on any atom is -0.494 e. The standard InChI is InChI=1S/C40H50O6/c1-33(2)40(42)46-32-16-9-8-14-30-44-38-26-22-36(23-27-38)35-20-24-37(25-21-35)43-29-13-6-4-3-5-7-15-31-45-39(41)28-19-34-17-11-10-12-18-34/h10-12,17-28H,1,3-9,13-16,29-32H2,2H3/b28-19+. The van der Waals surface area contributed by atoms with E-state index in [1.54, 1.807) is 13.0 Å². The number of carbonyl (C=O) groups excluding carboxylic acids is 2. The van der Waals surface area contributed by atoms with Gasteiger partial charge in [-0.25, -0.2) is 9.59 Å². The van der Waals surface area contributed by atoms with E-state index >= 15 is 0 Å². The van der Waals surface area contributed by atoms with Gasteiger partial charge < -0.3 is 18.9 Å². The Morgan fingerprint density at radius 2 is 1.00 bits per heavy atom. The molecule has 3 rings (SSSR count). The van der Waals surface area contributed by atoms with Gasteiger partial charge in [0.05, 0.1) is 26.4 Å². The van der Waals surface area contributed by atoms with Gasteiger partial charge >= 0.3 is 11.9 Å². The molecule has 0 radical (unpaired) electrons. The zero-order valence-corrected chi connectivity index (χ0v) is 27.4. The lowest BCUT2D eigenvalue weighted by Gasteiger charge is -2.09. The van der Waals surface area contributed by atoms with Gasteiger partial charge in [0, 0.05) is 11.6 Å². The Kier molecular flexibility index (Phi) is 17.5. The number of rotatable bonds is 23. The normalized spacial score (nSPS) is 10.9. The first-order valence-electron chi connectivity index (χ1n) is 16.7. The maximum absolute atomic E-state index is 11.8. The highest BCUT2D eigenvalue weighted by Gasteiger charge is 2.03. The van der Waals surface area contributed by atoms with Crippen molar-refractivity contribution >= 4 is 18.0 Å². The number of hydrogen-bond donors (Lipinski definition) is 0. The fraction of sp³-hybridized carbons (Fsp3) is 0.400. The van der Waals surface area contributed by atoms with Gasteiger partial charge in [0.2, 0.25) is 0 Å². The largest absolute Gasteiger partial charge is 0.494 e. The predicted molar refractivity (Wildman–Crippen MR) is 186 cm³/mol. The van der Waals surface area contributed by atoms with Crippen LogP contribution in [0.25, 0.3) is 17.2 Å². The molecule has 46 heavy (non-hydrogen) atoms. The summed E-state index contributed by atoms with van der Waals surface area (Å²) in [5, 5.41) is 0. The van der Waals surface area contributed by atoms with Gasteiger partial charge in [-0.1, -0.05) is 93.3 Å². The SMILES string of the molecule is C=C(C)C(=O)OCCCCCCOc1ccc(-c2ccc(OCCCCCCCCCOC(=O)/C=C/c3ccccc3)cc2)cc1. The summed E-state index contributed by atoms with van der Waals surface area (Å²) in [5.41, 5.74) is 3.71. The van der Waals surface area contributed by atoms with Gasteiger partial charge in [0.25, 0.3) is 0 Å². The van der Waals surface area contributed by atoms with Crippen LogP contribution >= 0.6 is 0 Å². The quantitative estimate of drug-likeness (QED) is 0.0593. The molecular weight excluding hydrogens is 576 g/mol. The Morgan fingerprint density at radius 3 is 1.48 bits per heavy atom. The smallest absolute Gasteiger partial charge is 0.333 e. The molecule has 0 N–H and O–H groups in total. The topological polar surface area (TPSA) is 71.1 Å². The van der Waals surface area contributed by atoms with Crippen molar-refractivity contribution in [3.8, 4) is 22.6 Å². The Hall–Kier alpha value is -4.32. The fourth-order valence-electron chi connectivity index (χ4n) is 4.75. The number of ether oxygens (including phenoxy) is 4. The molecule has 0 saturated heterocycles. The summed E-state index contributed by atoms with van der Waals surface area (Å²) >= 11 is 0. The van der Waals surface area contributed by atoms with Crippen molar-refractivity contribution < 1.29 is 28.5 Å². The summed E-state index contributed by atoms with van der Waals surface area (Å²) in [4.78, 5) is 23.2. The van der Waals surface area contributed by atoms with Crippen molar-refractivity contribution in [1.82, 2.24) is 0 Å². The number of esters is 2. The third kappa shape index (κ3) is 15.6. The Morgan fingerprint density at radius 1 is 0.565 bits per heavy atom. The fourth-order valence-corrected chi connectivity index (χ4v) is 4.75. The lowest BCUT2D eigenvalue weighted by atomic mass is 10.1. The van der Waals surface area contributed by atoms with E-state index in [2.05, 4.69) is 30.8 Å². The minimum absolute atomic E-state index is 0.281. The first kappa shape index (κ1) is 36.2. The lowest BCUT2D eigenvalue weighted by molar-refractivity contribution is -0.139. The molecule has 0 aromatic heterocycles. The van der Waals surface area contributed by atoms with Gasteiger partial charge in [0.1, 0.15) is 11.5 Å². The Labute approximate surface area is 275 Å². The van der Waals surface area contributed by atoms with E-state index in [0.717, 1.165) is 92.6 Å². The van der Waals surface area contributed by atoms with Crippen LogP contribution in [0.3, 0.4) is 0 Å². The van der Waals surface area contributed by atoms with Gasteiger partial charge in [-0.15, -0.1) is 0 Å². The molecule has 0 aliphatic heterocycles. The Bertz CT molecular complexity index is 1310. The van der Waals surface area contributed by atoms with Gasteiger partial charge in [-0.2, -0.15) is 0 Å². The van der Waals surface area contributed by atoms with E-state index in [0.29, 0.717) is 25.4 Å². The molecular formula is C40H50O6. The average molecular weight is 627 g/mol. The van der Waals surface area contributed by atoms with E-state index in [1.165, 1.54) is 18.9 Å². The first-order valence-corrected chi connectivity index (χ1v) is 16.7. The molecule has 0 unspecified atom stereocenters. The zero-order chi connectivity index (χ0) is 32.7. The van der Waals surface area contributed by atoms with Crippen LogP contribution in [-0.4, -0.2) is 38.4 Å². The van der Waals surface area contributed by atoms with Crippen molar-refractivity contribution in [2.45, 2.75) is 77.6 Å². The van der Waals surface area contributed by atoms with Crippen LogP contribution in [-0.2, 0) is 19.1 Å². The molecule has 6 nitrogen and oxygen atoms in total. The molecule has 0 atom stereocenters. The summed E-state index contributed by atoms with van der Waals surface area (Å²) in [6.45, 7) is 7.55. The minimum atomic E-state index is -0.315. The number of carbonyl (C=O) groups is 2. The number of unbranched alkanes of at least 4 members (excludes halogenated alkanes) is 9. The zero-order valence-electron chi connectivity index (χ0n) is 27.4. The van der Waals surface area contributed by atoms with Crippen molar-refractivity contribution in [3.63, 3.8) is 0 Å². The maximum atomic E-state index is 11.8. The molecule has 0 aliphatic rings. The van der Waals surface area contributed by atoms with E-state index < -0.39 is 0 Å². The van der Waals surface area contributed by atoms with Gasteiger partial charge in [0.15, 0.2) is 0 Å². The molecule has 3 aromatic carbocycles. The molecule has 0 fully saturated rings. The molecule has 0 saturated carbocycles. The molecule has 0 aliphatic carbocycles. The molecule has 0 amide bonds. The van der Waals surface area contributed by atoms with Crippen molar-refractivity contribution in [3.05, 3.63) is 103 Å². The third-order valence-electron chi connectivity index (χ3n) is 7.44. The number of hydrogen-bond acceptors (Lipinski definition) is 6. The van der Waals surface area contributed by atoms with Crippen LogP contribution in [0.1, 0.15) is 83.1 Å². The Balaban J connectivity index is 1.16. The first-order chi connectivity index (χ1) is 22.5. The van der Waals surface area contributed by atoms with Crippen LogP contribution in [0.4, 0.5) is 0 Å². The summed E-state index contributed by atoms with van der Waals surface area (Å²) in [6, 6.07) is 26.2. The second-order valence-electron chi connectivity index (χ2n) is 11.5. The lowest BCUT2D eigenvalue weighted by Crippen LogP contribution is -2.06. The highest BCUT2D eigenvalue weighted by atomic mass is 16.5. The molecule has 6 heteroatoms. The average Bonchev–Trinajstić information content (AvgIpc) is 3.08. The molecule has 246 valence electrons. The predicted octanol–water partition coefficient (Wildman–Crippen LogP) is 9.78. The highest BCUT2D eigenvalue weighted by molar-refractivity contribution is 5.87. The van der Waals surface area contributed by atoms with Crippen molar-refractivity contribution in [2.75, 3.05) is 26.4 Å². The van der Waals surface area contributed by atoms with Gasteiger partial charge in [-0.3, -0.25) is 0 Å². The van der Waals surface area contributed by atoms with Crippen LogP contribution in [0.2, 0.25) is 0 Å². The summed E-state index contributed by atoms with van der Waals surface area (Å²) in [7, 11) is 0. The highest BCUT2D eigenvalue weighted by Crippen LogP contribution is 2.25. The maximum Gasteiger partial charge on any atom is 0.333 e. The van der Waals surface area contributed by atoms with E-state index in [-0.39, 0.29) is 11.9 Å². The molecule has 3 aromatic rings. The summed E-state index contributed by atoms with van der Waals surface area (Å²) < 4.78 is 22.2. The molecule has 0 heterocycles. The van der Waals surface area contributed by atoms with Crippen LogP contribution < -0.4 is 9.47 Å². The van der Waals surface area contributed by atoms with Crippen LogP contribution in [0, 0.1) is 0 Å². The van der Waals surface area contributed by atoms with E-state index in [9.17, 15) is 9.59 Å². The van der Waals surface area contributed by atoms with Crippen molar-refractivity contribution in [1.29, 1.82) is 0 Å². The van der Waals surface area contributed by atoms with Crippen LogP contribution in [0.15, 0.2) is 97.1 Å². The van der Waals surface area contributed by atoms with Crippen LogP contribution in [0.5, 0.6) is 11.5 Å². The third-order valence-corrected chi connectivity index (χ3v) is 7.44. The van der Waals surface area contributed by atoms with E-state index in [4.69, 9.17) is 18.9 Å². The second-order valence-corrected chi connectivity index (χ2v) is 11.5.